The third kappa shape index (κ3) is 4.35. The number of ether oxygens (including phenoxy) is 1. The van der Waals surface area contributed by atoms with Crippen molar-refractivity contribution in [1.82, 2.24) is 4.90 Å². The summed E-state index contributed by atoms with van der Waals surface area (Å²) in [5, 5.41) is 0. The number of hydrogen-bond donors (Lipinski definition) is 0. The maximum absolute atomic E-state index is 12.3. The molecule has 0 saturated carbocycles. The molecule has 0 radical (unpaired) electrons. The fraction of sp³-hybridized carbons (Fsp3) is 0.650. The summed E-state index contributed by atoms with van der Waals surface area (Å²) in [7, 11) is 0. The summed E-state index contributed by atoms with van der Waals surface area (Å²) in [6, 6.07) is 7.55. The van der Waals surface area contributed by atoms with Crippen LogP contribution in [0.3, 0.4) is 0 Å². The molecule has 0 spiro atoms. The molecule has 23 heavy (non-hydrogen) atoms. The molecular formula is C20H31NO2. The maximum atomic E-state index is 12.3. The predicted octanol–water partition coefficient (Wildman–Crippen LogP) is 4.58. The monoisotopic (exact) mass is 317 g/mol. The lowest BCUT2D eigenvalue weighted by molar-refractivity contribution is -0.0567. The van der Waals surface area contributed by atoms with Gasteiger partial charge < -0.3 is 4.74 Å². The van der Waals surface area contributed by atoms with Crippen molar-refractivity contribution in [1.29, 1.82) is 0 Å². The van der Waals surface area contributed by atoms with Crippen LogP contribution in [0.25, 0.3) is 0 Å². The minimum absolute atomic E-state index is 0.125. The average Bonchev–Trinajstić information content (AvgIpc) is 2.43. The van der Waals surface area contributed by atoms with Crippen LogP contribution in [0, 0.1) is 6.92 Å². The molecule has 0 bridgehead atoms. The van der Waals surface area contributed by atoms with E-state index in [0.29, 0.717) is 5.56 Å². The molecule has 1 aromatic rings. The Morgan fingerprint density at radius 1 is 1.13 bits per heavy atom. The van der Waals surface area contributed by atoms with Crippen LogP contribution in [-0.4, -0.2) is 34.6 Å². The summed E-state index contributed by atoms with van der Waals surface area (Å²) in [4.78, 5) is 14.8. The number of carbonyl (C=O) groups excluding carboxylic acids is 1. The molecule has 128 valence electrons. The SMILES string of the molecule is Cc1ccc(C(=O)OC(C)CN2C(C)(C)CCCC2(C)C)cc1. The van der Waals surface area contributed by atoms with Gasteiger partial charge in [-0.05, 0) is 72.9 Å². The lowest BCUT2D eigenvalue weighted by atomic mass is 9.79. The van der Waals surface area contributed by atoms with Gasteiger partial charge in [0.1, 0.15) is 6.10 Å². The van der Waals surface area contributed by atoms with Gasteiger partial charge in [0.05, 0.1) is 5.56 Å². The molecule has 1 fully saturated rings. The summed E-state index contributed by atoms with van der Waals surface area (Å²) < 4.78 is 5.69. The van der Waals surface area contributed by atoms with E-state index >= 15 is 0 Å². The first kappa shape index (κ1) is 18.0. The normalized spacial score (nSPS) is 21.7. The number of benzene rings is 1. The van der Waals surface area contributed by atoms with Gasteiger partial charge in [0.15, 0.2) is 0 Å². The molecule has 1 heterocycles. The lowest BCUT2D eigenvalue weighted by Gasteiger charge is -2.53. The second-order valence-corrected chi connectivity index (χ2v) is 8.17. The van der Waals surface area contributed by atoms with E-state index in [0.717, 1.165) is 12.1 Å². The van der Waals surface area contributed by atoms with E-state index in [9.17, 15) is 4.79 Å². The fourth-order valence-corrected chi connectivity index (χ4v) is 3.77. The van der Waals surface area contributed by atoms with Crippen molar-refractivity contribution in [3.8, 4) is 0 Å². The van der Waals surface area contributed by atoms with Crippen molar-refractivity contribution in [2.24, 2.45) is 0 Å². The van der Waals surface area contributed by atoms with Crippen molar-refractivity contribution in [2.75, 3.05) is 6.54 Å². The molecule has 2 rings (SSSR count). The number of hydrogen-bond acceptors (Lipinski definition) is 3. The van der Waals surface area contributed by atoms with Crippen LogP contribution in [0.15, 0.2) is 24.3 Å². The van der Waals surface area contributed by atoms with E-state index in [1.54, 1.807) is 0 Å². The average molecular weight is 317 g/mol. The summed E-state index contributed by atoms with van der Waals surface area (Å²) >= 11 is 0. The number of likely N-dealkylation sites (tertiary alicyclic amines) is 1. The zero-order chi connectivity index (χ0) is 17.3. The van der Waals surface area contributed by atoms with Crippen molar-refractivity contribution < 1.29 is 9.53 Å². The highest BCUT2D eigenvalue weighted by atomic mass is 16.5. The number of carbonyl (C=O) groups is 1. The first-order valence-corrected chi connectivity index (χ1v) is 8.67. The van der Waals surface area contributed by atoms with Gasteiger partial charge in [-0.2, -0.15) is 0 Å². The minimum Gasteiger partial charge on any atom is -0.458 e. The predicted molar refractivity (Wildman–Crippen MR) is 94.8 cm³/mol. The van der Waals surface area contributed by atoms with Gasteiger partial charge in [-0.15, -0.1) is 0 Å². The van der Waals surface area contributed by atoms with E-state index in [1.165, 1.54) is 19.3 Å². The van der Waals surface area contributed by atoms with Crippen LogP contribution in [0.5, 0.6) is 0 Å². The first-order valence-electron chi connectivity index (χ1n) is 8.67. The molecule has 1 aliphatic heterocycles. The number of aryl methyl sites for hydroxylation is 1. The Labute approximate surface area is 141 Å². The number of esters is 1. The highest BCUT2D eigenvalue weighted by Crippen LogP contribution is 2.38. The van der Waals surface area contributed by atoms with Gasteiger partial charge in [-0.25, -0.2) is 4.79 Å². The molecule has 0 amide bonds. The van der Waals surface area contributed by atoms with Crippen molar-refractivity contribution >= 4 is 5.97 Å². The highest BCUT2D eigenvalue weighted by Gasteiger charge is 2.41. The van der Waals surface area contributed by atoms with Crippen molar-refractivity contribution in [3.63, 3.8) is 0 Å². The molecule has 0 aromatic heterocycles. The quantitative estimate of drug-likeness (QED) is 0.761. The van der Waals surface area contributed by atoms with E-state index in [2.05, 4.69) is 32.6 Å². The topological polar surface area (TPSA) is 29.5 Å². The summed E-state index contributed by atoms with van der Waals surface area (Å²) in [5.74, 6) is -0.231. The van der Waals surface area contributed by atoms with Gasteiger partial charge >= 0.3 is 5.97 Å². The van der Waals surface area contributed by atoms with Crippen LogP contribution in [0.1, 0.15) is 69.8 Å². The molecule has 3 heteroatoms. The zero-order valence-electron chi connectivity index (χ0n) is 15.5. The lowest BCUT2D eigenvalue weighted by Crippen LogP contribution is -2.60. The molecule has 0 aliphatic carbocycles. The van der Waals surface area contributed by atoms with Gasteiger partial charge in [0, 0.05) is 17.6 Å². The van der Waals surface area contributed by atoms with Crippen LogP contribution >= 0.6 is 0 Å². The number of rotatable bonds is 4. The van der Waals surface area contributed by atoms with E-state index in [-0.39, 0.29) is 23.2 Å². The van der Waals surface area contributed by atoms with E-state index in [4.69, 9.17) is 4.74 Å². The Bertz CT molecular complexity index is 529. The second kappa shape index (κ2) is 6.64. The molecule has 0 N–H and O–H groups in total. The van der Waals surface area contributed by atoms with Crippen molar-refractivity contribution in [3.05, 3.63) is 35.4 Å². The molecule has 1 unspecified atom stereocenters. The maximum Gasteiger partial charge on any atom is 0.338 e. The number of piperidine rings is 1. The third-order valence-corrected chi connectivity index (χ3v) is 5.07. The summed E-state index contributed by atoms with van der Waals surface area (Å²) in [6.45, 7) is 14.0. The minimum atomic E-state index is -0.231. The van der Waals surface area contributed by atoms with Crippen LogP contribution < -0.4 is 0 Å². The molecule has 1 aromatic carbocycles. The van der Waals surface area contributed by atoms with Crippen LogP contribution in [-0.2, 0) is 4.74 Å². The highest BCUT2D eigenvalue weighted by molar-refractivity contribution is 5.89. The van der Waals surface area contributed by atoms with Gasteiger partial charge in [-0.3, -0.25) is 4.90 Å². The Morgan fingerprint density at radius 2 is 1.65 bits per heavy atom. The molecule has 3 nitrogen and oxygen atoms in total. The van der Waals surface area contributed by atoms with E-state index in [1.807, 2.05) is 38.1 Å². The van der Waals surface area contributed by atoms with Gasteiger partial charge in [0.25, 0.3) is 0 Å². The number of nitrogens with zero attached hydrogens (tertiary/aromatic N) is 1. The van der Waals surface area contributed by atoms with E-state index < -0.39 is 0 Å². The largest absolute Gasteiger partial charge is 0.458 e. The third-order valence-electron chi connectivity index (χ3n) is 5.07. The molecular weight excluding hydrogens is 286 g/mol. The standard InChI is InChI=1S/C20H31NO2/c1-15-8-10-17(11-9-15)18(22)23-16(2)14-21-19(3,4)12-7-13-20(21,5)6/h8-11,16H,7,12-14H2,1-6H3. The molecule has 1 saturated heterocycles. The Kier molecular flexibility index (Phi) is 5.20. The first-order chi connectivity index (χ1) is 10.6. The fourth-order valence-electron chi connectivity index (χ4n) is 3.77. The Balaban J connectivity index is 2.01. The van der Waals surface area contributed by atoms with Crippen molar-refractivity contribution in [2.45, 2.75) is 78.0 Å². The smallest absolute Gasteiger partial charge is 0.338 e. The molecule has 1 aliphatic rings. The van der Waals surface area contributed by atoms with Gasteiger partial charge in [-0.1, -0.05) is 17.7 Å². The summed E-state index contributed by atoms with van der Waals surface area (Å²) in [6.07, 6.45) is 3.51. The van der Waals surface area contributed by atoms with Gasteiger partial charge in [0.2, 0.25) is 0 Å². The summed E-state index contributed by atoms with van der Waals surface area (Å²) in [5.41, 5.74) is 2.06. The second-order valence-electron chi connectivity index (χ2n) is 8.17. The van der Waals surface area contributed by atoms with Crippen LogP contribution in [0.2, 0.25) is 0 Å². The Morgan fingerprint density at radius 3 is 2.17 bits per heavy atom. The Hall–Kier alpha value is -1.35. The zero-order valence-corrected chi connectivity index (χ0v) is 15.5. The van der Waals surface area contributed by atoms with Crippen LogP contribution in [0.4, 0.5) is 0 Å². The molecule has 1 atom stereocenters.